The molecule has 2 rings (SSSR count). The second-order valence-electron chi connectivity index (χ2n) is 4.53. The summed E-state index contributed by atoms with van der Waals surface area (Å²) >= 11 is 0. The predicted molar refractivity (Wildman–Crippen MR) is 71.5 cm³/mol. The number of aromatic hydroxyl groups is 2. The second kappa shape index (κ2) is 6.34. The van der Waals surface area contributed by atoms with E-state index in [9.17, 15) is 19.0 Å². The quantitative estimate of drug-likeness (QED) is 0.582. The van der Waals surface area contributed by atoms with Crippen molar-refractivity contribution in [2.45, 2.75) is 13.0 Å². The van der Waals surface area contributed by atoms with Crippen molar-refractivity contribution in [3.63, 3.8) is 0 Å². The number of halogens is 2. The topological polar surface area (TPSA) is 52.5 Å². The smallest absolute Gasteiger partial charge is 0.157 e. The summed E-state index contributed by atoms with van der Waals surface area (Å²) in [6.45, 7) is 1.04. The van der Waals surface area contributed by atoms with Crippen LogP contribution in [0.3, 0.4) is 0 Å². The van der Waals surface area contributed by atoms with Gasteiger partial charge in [0.1, 0.15) is 11.6 Å². The zero-order valence-electron chi connectivity index (χ0n) is 10.7. The molecule has 0 radical (unpaired) electrons. The van der Waals surface area contributed by atoms with Crippen LogP contribution in [0.2, 0.25) is 0 Å². The van der Waals surface area contributed by atoms with E-state index in [4.69, 9.17) is 0 Å². The maximum atomic E-state index is 13.0. The average molecular weight is 279 g/mol. The number of phenols is 2. The molecule has 5 heteroatoms. The average Bonchev–Trinajstić information content (AvgIpc) is 2.38. The van der Waals surface area contributed by atoms with Gasteiger partial charge in [-0.3, -0.25) is 0 Å². The summed E-state index contributed by atoms with van der Waals surface area (Å²) in [5, 5.41) is 21.6. The third-order valence-corrected chi connectivity index (χ3v) is 2.88. The molecule has 0 saturated heterocycles. The van der Waals surface area contributed by atoms with Crippen LogP contribution in [-0.4, -0.2) is 16.8 Å². The summed E-state index contributed by atoms with van der Waals surface area (Å²) in [6, 6.07) is 8.01. The fourth-order valence-corrected chi connectivity index (χ4v) is 1.90. The van der Waals surface area contributed by atoms with Crippen molar-refractivity contribution < 1.29 is 19.0 Å². The Hall–Kier alpha value is -2.14. The number of nitrogens with one attached hydrogen (secondary N) is 1. The monoisotopic (exact) mass is 279 g/mol. The minimum atomic E-state index is -0.580. The van der Waals surface area contributed by atoms with Gasteiger partial charge in [-0.05, 0) is 48.4 Å². The van der Waals surface area contributed by atoms with Crippen molar-refractivity contribution in [1.82, 2.24) is 5.32 Å². The van der Waals surface area contributed by atoms with Gasteiger partial charge < -0.3 is 15.5 Å². The molecule has 0 fully saturated rings. The maximum Gasteiger partial charge on any atom is 0.157 e. The molecule has 0 aliphatic heterocycles. The maximum absolute atomic E-state index is 13.0. The number of hydrogen-bond donors (Lipinski definition) is 3. The van der Waals surface area contributed by atoms with Gasteiger partial charge in [0.15, 0.2) is 11.5 Å². The van der Waals surface area contributed by atoms with Crippen LogP contribution in [-0.2, 0) is 13.0 Å². The predicted octanol–water partition coefficient (Wildman–Crippen LogP) is 2.71. The minimum Gasteiger partial charge on any atom is -0.504 e. The number of benzene rings is 2. The molecule has 0 bridgehead atoms. The molecule has 2 aromatic rings. The van der Waals surface area contributed by atoms with Gasteiger partial charge in [0, 0.05) is 12.6 Å². The molecular formula is C15H15F2NO2. The molecule has 0 aliphatic rings. The van der Waals surface area contributed by atoms with Gasteiger partial charge in [-0.1, -0.05) is 6.07 Å². The minimum absolute atomic E-state index is 0.163. The van der Waals surface area contributed by atoms with Crippen LogP contribution in [0.1, 0.15) is 11.1 Å². The van der Waals surface area contributed by atoms with E-state index in [0.717, 1.165) is 11.6 Å². The third kappa shape index (κ3) is 3.93. The lowest BCUT2D eigenvalue weighted by Gasteiger charge is -2.07. The van der Waals surface area contributed by atoms with E-state index in [2.05, 4.69) is 5.32 Å². The van der Waals surface area contributed by atoms with Crippen molar-refractivity contribution in [3.05, 3.63) is 59.2 Å². The van der Waals surface area contributed by atoms with Crippen molar-refractivity contribution in [1.29, 1.82) is 0 Å². The third-order valence-electron chi connectivity index (χ3n) is 2.88. The van der Waals surface area contributed by atoms with E-state index in [1.54, 1.807) is 6.07 Å². The molecule has 106 valence electrons. The Bertz CT molecular complexity index is 582. The largest absolute Gasteiger partial charge is 0.504 e. The van der Waals surface area contributed by atoms with Gasteiger partial charge >= 0.3 is 0 Å². The fraction of sp³-hybridized carbons (Fsp3) is 0.200. The Morgan fingerprint density at radius 2 is 1.55 bits per heavy atom. The Morgan fingerprint density at radius 1 is 0.850 bits per heavy atom. The van der Waals surface area contributed by atoms with Gasteiger partial charge in [0.05, 0.1) is 0 Å². The summed E-state index contributed by atoms with van der Waals surface area (Å²) in [5.41, 5.74) is 1.40. The van der Waals surface area contributed by atoms with Gasteiger partial charge in [-0.25, -0.2) is 8.78 Å². The highest BCUT2D eigenvalue weighted by atomic mass is 19.1. The van der Waals surface area contributed by atoms with Crippen LogP contribution in [0.4, 0.5) is 8.78 Å². The van der Waals surface area contributed by atoms with Gasteiger partial charge in [-0.2, -0.15) is 0 Å². The summed E-state index contributed by atoms with van der Waals surface area (Å²) < 4.78 is 25.9. The van der Waals surface area contributed by atoms with Crippen molar-refractivity contribution in [2.75, 3.05) is 6.54 Å². The van der Waals surface area contributed by atoms with E-state index in [0.29, 0.717) is 25.1 Å². The number of rotatable bonds is 5. The highest BCUT2D eigenvalue weighted by Crippen LogP contribution is 2.24. The highest BCUT2D eigenvalue weighted by Gasteiger charge is 2.02. The standard InChI is InChI=1S/C15H15F2NO2/c16-12-5-10(6-13(17)8-12)3-4-18-9-11-1-2-14(19)15(20)7-11/h1-2,5-8,18-20H,3-4,9H2. The van der Waals surface area contributed by atoms with E-state index < -0.39 is 11.6 Å². The molecule has 0 spiro atoms. The Labute approximate surface area is 115 Å². The van der Waals surface area contributed by atoms with E-state index in [-0.39, 0.29) is 11.5 Å². The zero-order chi connectivity index (χ0) is 14.5. The zero-order valence-corrected chi connectivity index (χ0v) is 10.7. The second-order valence-corrected chi connectivity index (χ2v) is 4.53. The van der Waals surface area contributed by atoms with Crippen molar-refractivity contribution in [3.8, 4) is 11.5 Å². The van der Waals surface area contributed by atoms with Crippen LogP contribution in [0, 0.1) is 11.6 Å². The molecule has 0 aliphatic carbocycles. The Balaban J connectivity index is 1.82. The summed E-state index contributed by atoms with van der Waals surface area (Å²) in [7, 11) is 0. The van der Waals surface area contributed by atoms with Crippen molar-refractivity contribution in [2.24, 2.45) is 0 Å². The molecule has 0 amide bonds. The molecule has 20 heavy (non-hydrogen) atoms. The van der Waals surface area contributed by atoms with Crippen LogP contribution in [0.15, 0.2) is 36.4 Å². The first-order valence-corrected chi connectivity index (χ1v) is 6.21. The van der Waals surface area contributed by atoms with Gasteiger partial charge in [0.2, 0.25) is 0 Å². The van der Waals surface area contributed by atoms with Gasteiger partial charge in [0.25, 0.3) is 0 Å². The molecule has 3 N–H and O–H groups in total. The summed E-state index contributed by atoms with van der Waals surface area (Å²) in [4.78, 5) is 0. The number of hydrogen-bond acceptors (Lipinski definition) is 3. The lowest BCUT2D eigenvalue weighted by atomic mass is 10.1. The van der Waals surface area contributed by atoms with E-state index >= 15 is 0 Å². The van der Waals surface area contributed by atoms with Crippen LogP contribution < -0.4 is 5.32 Å². The molecular weight excluding hydrogens is 264 g/mol. The highest BCUT2D eigenvalue weighted by molar-refractivity contribution is 5.40. The summed E-state index contributed by atoms with van der Waals surface area (Å²) in [6.07, 6.45) is 0.499. The molecule has 0 atom stereocenters. The Morgan fingerprint density at radius 3 is 2.20 bits per heavy atom. The first kappa shape index (κ1) is 14.3. The summed E-state index contributed by atoms with van der Waals surface area (Å²) in [5.74, 6) is -1.49. The molecule has 0 aromatic heterocycles. The van der Waals surface area contributed by atoms with Crippen molar-refractivity contribution >= 4 is 0 Å². The van der Waals surface area contributed by atoms with E-state index in [1.165, 1.54) is 24.3 Å². The van der Waals surface area contributed by atoms with Gasteiger partial charge in [-0.15, -0.1) is 0 Å². The molecule has 0 unspecified atom stereocenters. The van der Waals surface area contributed by atoms with Crippen LogP contribution in [0.25, 0.3) is 0 Å². The normalized spacial score (nSPS) is 10.7. The molecule has 0 heterocycles. The molecule has 3 nitrogen and oxygen atoms in total. The molecule has 2 aromatic carbocycles. The first-order chi connectivity index (χ1) is 9.54. The van der Waals surface area contributed by atoms with Crippen LogP contribution in [0.5, 0.6) is 11.5 Å². The lowest BCUT2D eigenvalue weighted by Crippen LogP contribution is -2.16. The fourth-order valence-electron chi connectivity index (χ4n) is 1.90. The number of phenolic OH excluding ortho intramolecular Hbond substituents is 2. The lowest BCUT2D eigenvalue weighted by molar-refractivity contribution is 0.403. The Kier molecular flexibility index (Phi) is 4.53. The first-order valence-electron chi connectivity index (χ1n) is 6.21. The SMILES string of the molecule is Oc1ccc(CNCCc2cc(F)cc(F)c2)cc1O. The van der Waals surface area contributed by atoms with E-state index in [1.807, 2.05) is 0 Å². The molecule has 0 saturated carbocycles. The van der Waals surface area contributed by atoms with Crippen LogP contribution >= 0.6 is 0 Å².